The number of rotatable bonds is 6. The van der Waals surface area contributed by atoms with Gasteiger partial charge in [0.1, 0.15) is 17.8 Å². The van der Waals surface area contributed by atoms with Crippen molar-refractivity contribution in [2.75, 3.05) is 23.6 Å². The van der Waals surface area contributed by atoms with E-state index in [1.165, 1.54) is 6.33 Å². The zero-order chi connectivity index (χ0) is 16.9. The summed E-state index contributed by atoms with van der Waals surface area (Å²) < 4.78 is 5.14. The van der Waals surface area contributed by atoms with Crippen molar-refractivity contribution in [3.05, 3.63) is 36.2 Å². The SMILES string of the molecule is COc1ccc(CNc2ncnc(NNC(C)(C)C)c2N)cc1. The fourth-order valence-electron chi connectivity index (χ4n) is 1.81. The number of hydrogen-bond acceptors (Lipinski definition) is 7. The quantitative estimate of drug-likeness (QED) is 0.608. The van der Waals surface area contributed by atoms with E-state index < -0.39 is 0 Å². The number of hydrazine groups is 1. The van der Waals surface area contributed by atoms with Gasteiger partial charge in [0.2, 0.25) is 0 Å². The molecule has 0 saturated carbocycles. The van der Waals surface area contributed by atoms with Gasteiger partial charge in [-0.05, 0) is 38.5 Å². The predicted octanol–water partition coefficient (Wildman–Crippen LogP) is 2.39. The van der Waals surface area contributed by atoms with E-state index in [9.17, 15) is 0 Å². The summed E-state index contributed by atoms with van der Waals surface area (Å²) in [5.41, 5.74) is 13.7. The molecule has 0 aliphatic rings. The lowest BCUT2D eigenvalue weighted by molar-refractivity contribution is 0.414. The number of aromatic nitrogens is 2. The van der Waals surface area contributed by atoms with Crippen molar-refractivity contribution >= 4 is 17.3 Å². The first-order chi connectivity index (χ1) is 10.9. The number of nitrogens with one attached hydrogen (secondary N) is 3. The molecule has 5 N–H and O–H groups in total. The normalized spacial score (nSPS) is 11.1. The molecule has 0 spiro atoms. The van der Waals surface area contributed by atoms with Crippen LogP contribution in [0.15, 0.2) is 30.6 Å². The zero-order valence-corrected chi connectivity index (χ0v) is 14.0. The summed E-state index contributed by atoms with van der Waals surface area (Å²) in [6, 6.07) is 7.81. The molecule has 1 aromatic heterocycles. The first-order valence-corrected chi connectivity index (χ1v) is 7.39. The van der Waals surface area contributed by atoms with Gasteiger partial charge in [0.05, 0.1) is 7.11 Å². The van der Waals surface area contributed by atoms with Crippen LogP contribution in [-0.2, 0) is 6.54 Å². The van der Waals surface area contributed by atoms with E-state index in [0.717, 1.165) is 11.3 Å². The average Bonchev–Trinajstić information content (AvgIpc) is 2.52. The standard InChI is InChI=1S/C16H24N6O/c1-16(2,3)22-21-15-13(17)14(19-10-20-15)18-9-11-5-7-12(23-4)8-6-11/h5-8,10,22H,9,17H2,1-4H3,(H2,18,19,20,21). The lowest BCUT2D eigenvalue weighted by Crippen LogP contribution is -2.40. The van der Waals surface area contributed by atoms with Gasteiger partial charge in [-0.15, -0.1) is 0 Å². The molecule has 0 radical (unpaired) electrons. The molecule has 7 heteroatoms. The van der Waals surface area contributed by atoms with E-state index in [4.69, 9.17) is 10.5 Å². The Morgan fingerprint density at radius 2 is 1.74 bits per heavy atom. The van der Waals surface area contributed by atoms with Gasteiger partial charge >= 0.3 is 0 Å². The topological polar surface area (TPSA) is 97.1 Å². The van der Waals surface area contributed by atoms with Crippen LogP contribution in [0.4, 0.5) is 17.3 Å². The number of ether oxygens (including phenoxy) is 1. The Morgan fingerprint density at radius 3 is 2.35 bits per heavy atom. The minimum Gasteiger partial charge on any atom is -0.497 e. The van der Waals surface area contributed by atoms with Crippen LogP contribution < -0.4 is 26.6 Å². The Labute approximate surface area is 136 Å². The summed E-state index contributed by atoms with van der Waals surface area (Å²) in [7, 11) is 1.65. The number of benzene rings is 1. The highest BCUT2D eigenvalue weighted by Gasteiger charge is 2.12. The average molecular weight is 316 g/mol. The highest BCUT2D eigenvalue weighted by molar-refractivity contribution is 5.73. The second-order valence-electron chi connectivity index (χ2n) is 6.19. The summed E-state index contributed by atoms with van der Waals surface area (Å²) in [6.45, 7) is 6.73. The van der Waals surface area contributed by atoms with Crippen LogP contribution in [0.25, 0.3) is 0 Å². The molecule has 0 saturated heterocycles. The Balaban J connectivity index is 2.02. The van der Waals surface area contributed by atoms with Crippen molar-refractivity contribution in [2.24, 2.45) is 0 Å². The summed E-state index contributed by atoms with van der Waals surface area (Å²) >= 11 is 0. The number of anilines is 3. The van der Waals surface area contributed by atoms with Gasteiger partial charge in [-0.3, -0.25) is 0 Å². The van der Waals surface area contributed by atoms with E-state index in [0.29, 0.717) is 23.9 Å². The second-order valence-corrected chi connectivity index (χ2v) is 6.19. The summed E-state index contributed by atoms with van der Waals surface area (Å²) in [5.74, 6) is 1.97. The van der Waals surface area contributed by atoms with E-state index in [1.54, 1.807) is 7.11 Å². The Morgan fingerprint density at radius 1 is 1.09 bits per heavy atom. The van der Waals surface area contributed by atoms with Crippen molar-refractivity contribution in [3.63, 3.8) is 0 Å². The van der Waals surface area contributed by atoms with Crippen LogP contribution in [0.5, 0.6) is 5.75 Å². The second kappa shape index (κ2) is 7.15. The molecule has 2 aromatic rings. The van der Waals surface area contributed by atoms with E-state index >= 15 is 0 Å². The lowest BCUT2D eigenvalue weighted by Gasteiger charge is -2.22. The molecule has 0 fully saturated rings. The van der Waals surface area contributed by atoms with Crippen LogP contribution in [0, 0.1) is 0 Å². The third-order valence-electron chi connectivity index (χ3n) is 3.06. The van der Waals surface area contributed by atoms with Gasteiger partial charge in [-0.1, -0.05) is 12.1 Å². The molecule has 2 rings (SSSR count). The number of methoxy groups -OCH3 is 1. The maximum atomic E-state index is 6.11. The minimum atomic E-state index is -0.103. The van der Waals surface area contributed by atoms with Crippen molar-refractivity contribution < 1.29 is 4.74 Å². The molecular formula is C16H24N6O. The van der Waals surface area contributed by atoms with Crippen molar-refractivity contribution in [1.82, 2.24) is 15.4 Å². The number of nitrogens with two attached hydrogens (primary N) is 1. The molecule has 0 unspecified atom stereocenters. The van der Waals surface area contributed by atoms with Gasteiger partial charge in [0.15, 0.2) is 11.6 Å². The highest BCUT2D eigenvalue weighted by Crippen LogP contribution is 2.23. The summed E-state index contributed by atoms with van der Waals surface area (Å²) in [5, 5.41) is 3.22. The lowest BCUT2D eigenvalue weighted by atomic mass is 10.1. The Bertz CT molecular complexity index is 636. The molecule has 0 aliphatic carbocycles. The number of nitrogens with zero attached hydrogens (tertiary/aromatic N) is 2. The maximum Gasteiger partial charge on any atom is 0.169 e. The fraction of sp³-hybridized carbons (Fsp3) is 0.375. The molecule has 7 nitrogen and oxygen atoms in total. The first kappa shape index (κ1) is 16.8. The molecular weight excluding hydrogens is 292 g/mol. The molecule has 124 valence electrons. The largest absolute Gasteiger partial charge is 0.497 e. The van der Waals surface area contributed by atoms with Gasteiger partial charge in [-0.25, -0.2) is 15.4 Å². The number of nitrogen functional groups attached to an aromatic ring is 1. The van der Waals surface area contributed by atoms with Crippen molar-refractivity contribution in [3.8, 4) is 5.75 Å². The summed E-state index contributed by atoms with van der Waals surface area (Å²) in [6.07, 6.45) is 1.47. The zero-order valence-electron chi connectivity index (χ0n) is 14.0. The van der Waals surface area contributed by atoms with Crippen molar-refractivity contribution in [2.45, 2.75) is 32.9 Å². The van der Waals surface area contributed by atoms with Gasteiger partial charge in [0.25, 0.3) is 0 Å². The Hall–Kier alpha value is -2.54. The predicted molar refractivity (Wildman–Crippen MR) is 93.3 cm³/mol. The molecule has 0 atom stereocenters. The monoisotopic (exact) mass is 316 g/mol. The third-order valence-corrected chi connectivity index (χ3v) is 3.06. The molecule has 0 bridgehead atoms. The van der Waals surface area contributed by atoms with E-state index in [1.807, 2.05) is 45.0 Å². The maximum absolute atomic E-state index is 6.11. The smallest absolute Gasteiger partial charge is 0.169 e. The molecule has 1 heterocycles. The van der Waals surface area contributed by atoms with E-state index in [2.05, 4.69) is 26.1 Å². The van der Waals surface area contributed by atoms with Gasteiger partial charge in [0, 0.05) is 12.1 Å². The molecule has 1 aromatic carbocycles. The van der Waals surface area contributed by atoms with Crippen LogP contribution in [0.2, 0.25) is 0 Å². The summed E-state index contributed by atoms with van der Waals surface area (Å²) in [4.78, 5) is 8.35. The van der Waals surface area contributed by atoms with Crippen molar-refractivity contribution in [1.29, 1.82) is 0 Å². The van der Waals surface area contributed by atoms with E-state index in [-0.39, 0.29) is 5.54 Å². The third kappa shape index (κ3) is 5.00. The molecule has 0 amide bonds. The Kier molecular flexibility index (Phi) is 5.23. The van der Waals surface area contributed by atoms with Gasteiger partial charge in [-0.2, -0.15) is 0 Å². The first-order valence-electron chi connectivity index (χ1n) is 7.39. The van der Waals surface area contributed by atoms with Crippen LogP contribution in [0.1, 0.15) is 26.3 Å². The van der Waals surface area contributed by atoms with Crippen LogP contribution >= 0.6 is 0 Å². The van der Waals surface area contributed by atoms with Gasteiger partial charge < -0.3 is 21.2 Å². The number of hydrogen-bond donors (Lipinski definition) is 4. The highest BCUT2D eigenvalue weighted by atomic mass is 16.5. The van der Waals surface area contributed by atoms with Crippen LogP contribution in [-0.4, -0.2) is 22.6 Å². The van der Waals surface area contributed by atoms with Crippen LogP contribution in [0.3, 0.4) is 0 Å². The minimum absolute atomic E-state index is 0.103. The molecule has 0 aliphatic heterocycles. The fourth-order valence-corrected chi connectivity index (χ4v) is 1.81. The molecule has 23 heavy (non-hydrogen) atoms.